The lowest BCUT2D eigenvalue weighted by atomic mass is 10.1. The summed E-state index contributed by atoms with van der Waals surface area (Å²) in [6.45, 7) is 3.62. The zero-order chi connectivity index (χ0) is 16.4. The van der Waals surface area contributed by atoms with E-state index in [0.29, 0.717) is 18.0 Å². The fraction of sp³-hybridized carbons (Fsp3) is 0.316. The van der Waals surface area contributed by atoms with Crippen molar-refractivity contribution < 1.29 is 9.47 Å². The summed E-state index contributed by atoms with van der Waals surface area (Å²) >= 11 is 1.96. The highest BCUT2D eigenvalue weighted by Gasteiger charge is 2.35. The second-order valence-electron chi connectivity index (χ2n) is 5.73. The first-order valence-corrected chi connectivity index (χ1v) is 9.36. The summed E-state index contributed by atoms with van der Waals surface area (Å²) in [6.07, 6.45) is 1.15. The topological polar surface area (TPSA) is 34.1 Å². The molecule has 1 unspecified atom stereocenters. The zero-order valence-electron chi connectivity index (χ0n) is 13.6. The number of para-hydroxylation sites is 1. The van der Waals surface area contributed by atoms with Gasteiger partial charge in [0, 0.05) is 12.1 Å². The molecule has 2 aromatic rings. The van der Waals surface area contributed by atoms with Crippen LogP contribution in [0.2, 0.25) is 0 Å². The van der Waals surface area contributed by atoms with Crippen LogP contribution in [0.5, 0.6) is 11.5 Å². The van der Waals surface area contributed by atoms with Gasteiger partial charge in [0.2, 0.25) is 0 Å². The maximum absolute atomic E-state index is 6.11. The molecule has 5 heteroatoms. The summed E-state index contributed by atoms with van der Waals surface area (Å²) in [6, 6.07) is 16.8. The Bertz CT molecular complexity index is 745. The maximum Gasteiger partial charge on any atom is 0.299 e. The first-order chi connectivity index (χ1) is 11.8. The molecular weight excluding hydrogens is 320 g/mol. The van der Waals surface area contributed by atoms with Gasteiger partial charge in [-0.25, -0.2) is 0 Å². The van der Waals surface area contributed by atoms with Crippen molar-refractivity contribution in [3.05, 3.63) is 54.1 Å². The third kappa shape index (κ3) is 2.96. The lowest BCUT2D eigenvalue weighted by Gasteiger charge is -2.40. The van der Waals surface area contributed by atoms with Gasteiger partial charge in [0.05, 0.1) is 12.3 Å². The van der Waals surface area contributed by atoms with E-state index in [4.69, 9.17) is 14.5 Å². The van der Waals surface area contributed by atoms with E-state index in [-0.39, 0.29) is 0 Å². The molecule has 4 rings (SSSR count). The van der Waals surface area contributed by atoms with Gasteiger partial charge in [0.15, 0.2) is 0 Å². The second kappa shape index (κ2) is 6.77. The van der Waals surface area contributed by atoms with Gasteiger partial charge in [-0.05, 0) is 49.4 Å². The average Bonchev–Trinajstić information content (AvgIpc) is 2.64. The van der Waals surface area contributed by atoms with Gasteiger partial charge >= 0.3 is 0 Å². The molecule has 124 valence electrons. The van der Waals surface area contributed by atoms with Crippen molar-refractivity contribution in [2.24, 2.45) is 4.99 Å². The van der Waals surface area contributed by atoms with Crippen LogP contribution in [0.3, 0.4) is 0 Å². The maximum atomic E-state index is 6.11. The van der Waals surface area contributed by atoms with Crippen LogP contribution in [0.25, 0.3) is 0 Å². The van der Waals surface area contributed by atoms with E-state index in [0.717, 1.165) is 30.2 Å². The van der Waals surface area contributed by atoms with Gasteiger partial charge in [-0.2, -0.15) is 4.99 Å². The van der Waals surface area contributed by atoms with Crippen LogP contribution in [0.1, 0.15) is 24.3 Å². The highest BCUT2D eigenvalue weighted by molar-refractivity contribution is 7.99. The highest BCUT2D eigenvalue weighted by Crippen LogP contribution is 2.44. The predicted octanol–water partition coefficient (Wildman–Crippen LogP) is 4.60. The number of hydrogen-bond acceptors (Lipinski definition) is 4. The molecule has 0 N–H and O–H groups in total. The van der Waals surface area contributed by atoms with Crippen molar-refractivity contribution in [1.29, 1.82) is 0 Å². The minimum absolute atomic E-state index is 0.296. The minimum Gasteiger partial charge on any atom is -0.494 e. The van der Waals surface area contributed by atoms with Gasteiger partial charge < -0.3 is 14.4 Å². The molecule has 0 saturated carbocycles. The smallest absolute Gasteiger partial charge is 0.299 e. The standard InChI is InChI=1S/C19H20N2O2S/c1-2-22-15-10-8-14(9-11-15)20-19-21-12-5-13-24-18(21)16-6-3-4-7-17(16)23-19/h3-4,6-11,18H,2,5,12-13H2,1H3. The molecule has 0 aromatic heterocycles. The zero-order valence-corrected chi connectivity index (χ0v) is 14.5. The van der Waals surface area contributed by atoms with Crippen LogP contribution in [-0.2, 0) is 0 Å². The van der Waals surface area contributed by atoms with E-state index >= 15 is 0 Å². The first kappa shape index (κ1) is 15.4. The van der Waals surface area contributed by atoms with Crippen LogP contribution >= 0.6 is 11.8 Å². The van der Waals surface area contributed by atoms with Crippen molar-refractivity contribution in [3.63, 3.8) is 0 Å². The summed E-state index contributed by atoms with van der Waals surface area (Å²) < 4.78 is 11.6. The Balaban J connectivity index is 1.66. The monoisotopic (exact) mass is 340 g/mol. The van der Waals surface area contributed by atoms with Gasteiger partial charge in [-0.1, -0.05) is 18.2 Å². The number of hydrogen-bond donors (Lipinski definition) is 0. The van der Waals surface area contributed by atoms with E-state index in [9.17, 15) is 0 Å². The van der Waals surface area contributed by atoms with Crippen LogP contribution < -0.4 is 9.47 Å². The molecule has 2 aliphatic rings. The number of ether oxygens (including phenoxy) is 2. The van der Waals surface area contributed by atoms with E-state index in [1.54, 1.807) is 0 Å². The van der Waals surface area contributed by atoms with Gasteiger partial charge in [-0.3, -0.25) is 0 Å². The summed E-state index contributed by atoms with van der Waals surface area (Å²) in [7, 11) is 0. The SMILES string of the molecule is CCOc1ccc(N=C2Oc3ccccc3C3SCCCN23)cc1. The van der Waals surface area contributed by atoms with E-state index in [1.807, 2.05) is 55.1 Å². The number of fused-ring (bicyclic) bond motifs is 3. The summed E-state index contributed by atoms with van der Waals surface area (Å²) in [5.74, 6) is 2.95. The molecule has 2 aliphatic heterocycles. The molecule has 24 heavy (non-hydrogen) atoms. The third-order valence-electron chi connectivity index (χ3n) is 4.11. The Hall–Kier alpha value is -2.14. The van der Waals surface area contributed by atoms with Crippen LogP contribution in [0, 0.1) is 0 Å². The Morgan fingerprint density at radius 2 is 2.04 bits per heavy atom. The molecule has 0 amide bonds. The van der Waals surface area contributed by atoms with Gasteiger partial charge in [0.25, 0.3) is 6.02 Å². The largest absolute Gasteiger partial charge is 0.494 e. The van der Waals surface area contributed by atoms with Crippen molar-refractivity contribution in [1.82, 2.24) is 4.90 Å². The first-order valence-electron chi connectivity index (χ1n) is 8.32. The minimum atomic E-state index is 0.296. The fourth-order valence-electron chi connectivity index (χ4n) is 3.01. The van der Waals surface area contributed by atoms with Crippen LogP contribution in [0.4, 0.5) is 5.69 Å². The van der Waals surface area contributed by atoms with Gasteiger partial charge in [0.1, 0.15) is 16.9 Å². The van der Waals surface area contributed by atoms with E-state index < -0.39 is 0 Å². The molecule has 0 spiro atoms. The predicted molar refractivity (Wildman–Crippen MR) is 98.3 cm³/mol. The molecular formula is C19H20N2O2S. The number of amidine groups is 1. The fourth-order valence-corrected chi connectivity index (χ4v) is 4.28. The summed E-state index contributed by atoms with van der Waals surface area (Å²) in [5.41, 5.74) is 2.12. The molecule has 1 saturated heterocycles. The molecule has 0 radical (unpaired) electrons. The molecule has 1 fully saturated rings. The number of aliphatic imine (C=N–C) groups is 1. The van der Waals surface area contributed by atoms with Gasteiger partial charge in [-0.15, -0.1) is 11.8 Å². The lowest BCUT2D eigenvalue weighted by molar-refractivity contribution is 0.289. The van der Waals surface area contributed by atoms with E-state index in [1.165, 1.54) is 11.3 Å². The lowest BCUT2D eigenvalue weighted by Crippen LogP contribution is -2.43. The normalized spacial score (nSPS) is 21.0. The Labute approximate surface area is 146 Å². The molecule has 2 aromatic carbocycles. The second-order valence-corrected chi connectivity index (χ2v) is 6.92. The number of benzene rings is 2. The Morgan fingerprint density at radius 3 is 2.88 bits per heavy atom. The van der Waals surface area contributed by atoms with Crippen LogP contribution in [0.15, 0.2) is 53.5 Å². The number of rotatable bonds is 3. The summed E-state index contributed by atoms with van der Waals surface area (Å²) in [5, 5.41) is 0.296. The Morgan fingerprint density at radius 1 is 1.21 bits per heavy atom. The molecule has 0 bridgehead atoms. The van der Waals surface area contributed by atoms with Crippen LogP contribution in [-0.4, -0.2) is 29.8 Å². The molecule has 0 aliphatic carbocycles. The molecule has 2 heterocycles. The van der Waals surface area contributed by atoms with Crippen molar-refractivity contribution in [3.8, 4) is 11.5 Å². The van der Waals surface area contributed by atoms with Crippen molar-refractivity contribution in [2.75, 3.05) is 18.9 Å². The molecule has 4 nitrogen and oxygen atoms in total. The third-order valence-corrected chi connectivity index (χ3v) is 5.46. The number of nitrogens with zero attached hydrogens (tertiary/aromatic N) is 2. The highest BCUT2D eigenvalue weighted by atomic mass is 32.2. The quantitative estimate of drug-likeness (QED) is 0.817. The van der Waals surface area contributed by atoms with Crippen molar-refractivity contribution >= 4 is 23.5 Å². The number of thioether (sulfide) groups is 1. The average molecular weight is 340 g/mol. The molecule has 1 atom stereocenters. The summed E-state index contributed by atoms with van der Waals surface area (Å²) in [4.78, 5) is 7.02. The van der Waals surface area contributed by atoms with E-state index in [2.05, 4.69) is 17.0 Å². The van der Waals surface area contributed by atoms with Crippen molar-refractivity contribution in [2.45, 2.75) is 18.7 Å². The Kier molecular flexibility index (Phi) is 4.34.